The van der Waals surface area contributed by atoms with Gasteiger partial charge >= 0.3 is 0 Å². The fourth-order valence-electron chi connectivity index (χ4n) is 2.95. The fraction of sp³-hybridized carbons (Fsp3) is 0.389. The molecule has 0 aliphatic carbocycles. The van der Waals surface area contributed by atoms with Crippen LogP contribution >= 0.6 is 0 Å². The molecular formula is C18H20F2N4O. The molecule has 3 rings (SSSR count). The summed E-state index contributed by atoms with van der Waals surface area (Å²) in [5.41, 5.74) is 1.11. The molecule has 2 aromatic rings. The Bertz CT molecular complexity index is 751. The normalized spacial score (nSPS) is 17.4. The molecule has 1 aromatic carbocycles. The van der Waals surface area contributed by atoms with Gasteiger partial charge in [0.25, 0.3) is 0 Å². The first kappa shape index (κ1) is 17.3. The van der Waals surface area contributed by atoms with Gasteiger partial charge in [-0.15, -0.1) is 5.10 Å². The lowest BCUT2D eigenvalue weighted by Gasteiger charge is -2.32. The van der Waals surface area contributed by atoms with Crippen LogP contribution in [0.25, 0.3) is 0 Å². The fourth-order valence-corrected chi connectivity index (χ4v) is 2.95. The summed E-state index contributed by atoms with van der Waals surface area (Å²) in [6, 6.07) is 7.14. The molecule has 1 unspecified atom stereocenters. The number of benzene rings is 1. The maximum atomic E-state index is 13.6. The second-order valence-electron chi connectivity index (χ2n) is 6.27. The van der Waals surface area contributed by atoms with Gasteiger partial charge in [0.15, 0.2) is 5.82 Å². The van der Waals surface area contributed by atoms with Gasteiger partial charge in [-0.3, -0.25) is 4.79 Å². The number of hydrogen-bond donors (Lipinski definition) is 1. The highest BCUT2D eigenvalue weighted by molar-refractivity contribution is 5.79. The molecule has 0 saturated carbocycles. The van der Waals surface area contributed by atoms with E-state index in [9.17, 15) is 13.6 Å². The Morgan fingerprint density at radius 2 is 2.12 bits per heavy atom. The van der Waals surface area contributed by atoms with E-state index in [-0.39, 0.29) is 23.9 Å². The molecule has 0 spiro atoms. The van der Waals surface area contributed by atoms with Crippen molar-refractivity contribution in [2.24, 2.45) is 5.92 Å². The third kappa shape index (κ3) is 4.29. The number of carbonyl (C=O) groups is 1. The van der Waals surface area contributed by atoms with E-state index in [2.05, 4.69) is 15.5 Å². The van der Waals surface area contributed by atoms with E-state index in [0.717, 1.165) is 37.0 Å². The van der Waals surface area contributed by atoms with Crippen molar-refractivity contribution in [1.82, 2.24) is 15.5 Å². The van der Waals surface area contributed by atoms with Crippen LogP contribution in [0.2, 0.25) is 0 Å². The molecule has 5 nitrogen and oxygen atoms in total. The van der Waals surface area contributed by atoms with Gasteiger partial charge in [0.2, 0.25) is 5.91 Å². The number of nitrogens with zero attached hydrogens (tertiary/aromatic N) is 3. The molecule has 1 aromatic heterocycles. The number of amides is 1. The molecule has 1 amide bonds. The SMILES string of the molecule is Cc1ccc(N2CCCC(C(=O)NCc3ccc(F)cc3F)C2)nn1. The molecule has 1 N–H and O–H groups in total. The molecular weight excluding hydrogens is 326 g/mol. The average Bonchev–Trinajstić information content (AvgIpc) is 2.61. The highest BCUT2D eigenvalue weighted by Crippen LogP contribution is 2.21. The number of piperidine rings is 1. The first-order chi connectivity index (χ1) is 12.0. The van der Waals surface area contributed by atoms with Crippen LogP contribution in [0.1, 0.15) is 24.1 Å². The molecule has 0 bridgehead atoms. The Labute approximate surface area is 145 Å². The van der Waals surface area contributed by atoms with Crippen molar-refractivity contribution in [2.75, 3.05) is 18.0 Å². The molecule has 2 heterocycles. The van der Waals surface area contributed by atoms with Crippen LogP contribution in [0.4, 0.5) is 14.6 Å². The monoisotopic (exact) mass is 346 g/mol. The van der Waals surface area contributed by atoms with Crippen LogP contribution in [0.15, 0.2) is 30.3 Å². The minimum atomic E-state index is -0.652. The summed E-state index contributed by atoms with van der Waals surface area (Å²) in [5, 5.41) is 11.0. The van der Waals surface area contributed by atoms with Gasteiger partial charge in [-0.1, -0.05) is 6.07 Å². The zero-order valence-corrected chi connectivity index (χ0v) is 14.0. The predicted molar refractivity (Wildman–Crippen MR) is 89.9 cm³/mol. The van der Waals surface area contributed by atoms with Crippen molar-refractivity contribution in [3.8, 4) is 0 Å². The third-order valence-corrected chi connectivity index (χ3v) is 4.37. The van der Waals surface area contributed by atoms with E-state index in [4.69, 9.17) is 0 Å². The highest BCUT2D eigenvalue weighted by Gasteiger charge is 2.26. The van der Waals surface area contributed by atoms with E-state index in [1.807, 2.05) is 24.0 Å². The first-order valence-corrected chi connectivity index (χ1v) is 8.30. The number of aromatic nitrogens is 2. The van der Waals surface area contributed by atoms with Gasteiger partial charge in [0.1, 0.15) is 11.6 Å². The number of rotatable bonds is 4. The van der Waals surface area contributed by atoms with Gasteiger partial charge in [-0.25, -0.2) is 8.78 Å². The molecule has 0 radical (unpaired) electrons. The summed E-state index contributed by atoms with van der Waals surface area (Å²) < 4.78 is 26.6. The Balaban J connectivity index is 1.59. The lowest BCUT2D eigenvalue weighted by atomic mass is 9.97. The number of carbonyl (C=O) groups excluding carboxylic acids is 1. The summed E-state index contributed by atoms with van der Waals surface area (Å²) in [4.78, 5) is 14.5. The van der Waals surface area contributed by atoms with Crippen LogP contribution < -0.4 is 10.2 Å². The summed E-state index contributed by atoms with van der Waals surface area (Å²) in [6.07, 6.45) is 1.64. The molecule has 1 aliphatic rings. The Kier molecular flexibility index (Phi) is 5.21. The van der Waals surface area contributed by atoms with Crippen molar-refractivity contribution in [1.29, 1.82) is 0 Å². The number of hydrogen-bond acceptors (Lipinski definition) is 4. The van der Waals surface area contributed by atoms with E-state index < -0.39 is 11.6 Å². The topological polar surface area (TPSA) is 58.1 Å². The summed E-state index contributed by atoms with van der Waals surface area (Å²) in [6.45, 7) is 3.30. The third-order valence-electron chi connectivity index (χ3n) is 4.37. The summed E-state index contributed by atoms with van der Waals surface area (Å²) in [7, 11) is 0. The number of halogens is 2. The van der Waals surface area contributed by atoms with Crippen molar-refractivity contribution in [3.05, 3.63) is 53.2 Å². The second kappa shape index (κ2) is 7.55. The van der Waals surface area contributed by atoms with Gasteiger partial charge in [0.05, 0.1) is 11.6 Å². The van der Waals surface area contributed by atoms with Crippen molar-refractivity contribution >= 4 is 11.7 Å². The molecule has 25 heavy (non-hydrogen) atoms. The van der Waals surface area contributed by atoms with Crippen molar-refractivity contribution in [3.63, 3.8) is 0 Å². The Hall–Kier alpha value is -2.57. The quantitative estimate of drug-likeness (QED) is 0.925. The molecule has 1 atom stereocenters. The number of anilines is 1. The van der Waals surface area contributed by atoms with Gasteiger partial charge in [0, 0.05) is 31.3 Å². The number of aryl methyl sites for hydroxylation is 1. The van der Waals surface area contributed by atoms with Gasteiger partial charge in [-0.05, 0) is 38.0 Å². The minimum Gasteiger partial charge on any atom is -0.354 e. The van der Waals surface area contributed by atoms with Crippen LogP contribution in [0.5, 0.6) is 0 Å². The maximum Gasteiger partial charge on any atom is 0.225 e. The Morgan fingerprint density at radius 3 is 2.84 bits per heavy atom. The van der Waals surface area contributed by atoms with Crippen molar-refractivity contribution < 1.29 is 13.6 Å². The average molecular weight is 346 g/mol. The minimum absolute atomic E-state index is 0.0474. The molecule has 1 fully saturated rings. The summed E-state index contributed by atoms with van der Waals surface area (Å²) in [5.74, 6) is -0.850. The Morgan fingerprint density at radius 1 is 1.28 bits per heavy atom. The van der Waals surface area contributed by atoms with E-state index >= 15 is 0 Å². The molecule has 1 saturated heterocycles. The van der Waals surface area contributed by atoms with Crippen LogP contribution in [-0.2, 0) is 11.3 Å². The lowest BCUT2D eigenvalue weighted by Crippen LogP contribution is -2.43. The van der Waals surface area contributed by atoms with E-state index in [1.165, 1.54) is 12.1 Å². The zero-order chi connectivity index (χ0) is 17.8. The highest BCUT2D eigenvalue weighted by atomic mass is 19.1. The second-order valence-corrected chi connectivity index (χ2v) is 6.27. The molecule has 1 aliphatic heterocycles. The number of nitrogens with one attached hydrogen (secondary N) is 1. The zero-order valence-electron chi connectivity index (χ0n) is 14.0. The first-order valence-electron chi connectivity index (χ1n) is 8.30. The van der Waals surface area contributed by atoms with E-state index in [1.54, 1.807) is 0 Å². The predicted octanol–water partition coefficient (Wildman–Crippen LogP) is 2.60. The van der Waals surface area contributed by atoms with Crippen molar-refractivity contribution in [2.45, 2.75) is 26.3 Å². The molecule has 132 valence electrons. The van der Waals surface area contributed by atoms with Gasteiger partial charge in [-0.2, -0.15) is 5.10 Å². The van der Waals surface area contributed by atoms with Crippen LogP contribution in [0.3, 0.4) is 0 Å². The maximum absolute atomic E-state index is 13.6. The largest absolute Gasteiger partial charge is 0.354 e. The van der Waals surface area contributed by atoms with Crippen LogP contribution in [-0.4, -0.2) is 29.2 Å². The van der Waals surface area contributed by atoms with E-state index in [0.29, 0.717) is 6.54 Å². The van der Waals surface area contributed by atoms with Gasteiger partial charge < -0.3 is 10.2 Å². The van der Waals surface area contributed by atoms with Crippen LogP contribution in [0, 0.1) is 24.5 Å². The lowest BCUT2D eigenvalue weighted by molar-refractivity contribution is -0.125. The summed E-state index contributed by atoms with van der Waals surface area (Å²) >= 11 is 0. The smallest absolute Gasteiger partial charge is 0.225 e. The molecule has 7 heteroatoms. The standard InChI is InChI=1S/C18H20F2N4O/c1-12-4-7-17(23-22-12)24-8-2-3-14(11-24)18(25)21-10-13-5-6-15(19)9-16(13)20/h4-7,9,14H,2-3,8,10-11H2,1H3,(H,21,25).